The maximum absolute atomic E-state index is 12.8. The van der Waals surface area contributed by atoms with E-state index in [-0.39, 0.29) is 12.7 Å². The number of thiazole rings is 1. The summed E-state index contributed by atoms with van der Waals surface area (Å²) in [7, 11) is 0. The van der Waals surface area contributed by atoms with E-state index in [9.17, 15) is 4.79 Å². The largest absolute Gasteiger partial charge is 0.454 e. The van der Waals surface area contributed by atoms with Crippen molar-refractivity contribution < 1.29 is 14.3 Å². The Morgan fingerprint density at radius 1 is 1.10 bits per heavy atom. The molecular formula is C23H25N3O3S. The van der Waals surface area contributed by atoms with Crippen LogP contribution in [0.25, 0.3) is 10.2 Å². The summed E-state index contributed by atoms with van der Waals surface area (Å²) in [5.74, 6) is 2.08. The Bertz CT molecular complexity index is 1090. The van der Waals surface area contributed by atoms with Crippen LogP contribution in [0, 0.1) is 0 Å². The van der Waals surface area contributed by atoms with Crippen LogP contribution in [0.1, 0.15) is 30.9 Å². The van der Waals surface area contributed by atoms with Gasteiger partial charge in [0, 0.05) is 26.2 Å². The molecule has 2 aliphatic rings. The van der Waals surface area contributed by atoms with Crippen molar-refractivity contribution in [2.45, 2.75) is 26.2 Å². The molecule has 6 nitrogen and oxygen atoms in total. The van der Waals surface area contributed by atoms with Gasteiger partial charge in [-0.3, -0.25) is 4.79 Å². The molecule has 156 valence electrons. The standard InChI is InChI=1S/C23H25N3O3S/c1-15(2)17-4-3-5-20-22(17)24-23(30-20)26-10-8-25(9-11-26)21(27)13-16-6-7-18-19(12-16)29-14-28-18/h3-7,12,15H,8-11,13-14H2,1-2H3. The quantitative estimate of drug-likeness (QED) is 0.634. The minimum absolute atomic E-state index is 0.153. The fourth-order valence-electron chi connectivity index (χ4n) is 4.04. The molecule has 2 aromatic carbocycles. The van der Waals surface area contributed by atoms with E-state index >= 15 is 0 Å². The molecule has 0 aliphatic carbocycles. The van der Waals surface area contributed by atoms with Gasteiger partial charge in [0.2, 0.25) is 12.7 Å². The third kappa shape index (κ3) is 3.58. The van der Waals surface area contributed by atoms with Crippen molar-refractivity contribution in [3.63, 3.8) is 0 Å². The van der Waals surface area contributed by atoms with Gasteiger partial charge in [-0.2, -0.15) is 0 Å². The van der Waals surface area contributed by atoms with E-state index in [0.29, 0.717) is 12.3 Å². The minimum atomic E-state index is 0.153. The van der Waals surface area contributed by atoms with E-state index in [4.69, 9.17) is 14.5 Å². The molecule has 1 amide bonds. The second-order valence-corrected chi connectivity index (χ2v) is 9.09. The highest BCUT2D eigenvalue weighted by atomic mass is 32.1. The van der Waals surface area contributed by atoms with E-state index in [2.05, 4.69) is 36.9 Å². The molecule has 2 aliphatic heterocycles. The van der Waals surface area contributed by atoms with Gasteiger partial charge in [0.25, 0.3) is 0 Å². The van der Waals surface area contributed by atoms with Gasteiger partial charge in [-0.25, -0.2) is 4.98 Å². The highest BCUT2D eigenvalue weighted by Crippen LogP contribution is 2.34. The first kappa shape index (κ1) is 19.2. The summed E-state index contributed by atoms with van der Waals surface area (Å²) in [6.45, 7) is 7.72. The molecule has 1 aromatic heterocycles. The molecule has 0 atom stereocenters. The van der Waals surface area contributed by atoms with E-state index in [1.54, 1.807) is 11.3 Å². The SMILES string of the molecule is CC(C)c1cccc2sc(N3CCN(C(=O)Cc4ccc5c(c4)OCO5)CC3)nc12. The van der Waals surface area contributed by atoms with Crippen LogP contribution in [0.4, 0.5) is 5.13 Å². The average Bonchev–Trinajstić information content (AvgIpc) is 3.40. The number of aromatic nitrogens is 1. The summed E-state index contributed by atoms with van der Waals surface area (Å²) in [5.41, 5.74) is 3.38. The number of hydrogen-bond acceptors (Lipinski definition) is 6. The Morgan fingerprint density at radius 2 is 1.90 bits per heavy atom. The van der Waals surface area contributed by atoms with Crippen molar-refractivity contribution in [3.8, 4) is 11.5 Å². The Hall–Kier alpha value is -2.80. The number of ether oxygens (including phenoxy) is 2. The van der Waals surface area contributed by atoms with Crippen molar-refractivity contribution in [1.29, 1.82) is 0 Å². The van der Waals surface area contributed by atoms with Gasteiger partial charge in [-0.15, -0.1) is 0 Å². The molecule has 1 saturated heterocycles. The number of fused-ring (bicyclic) bond motifs is 2. The predicted octanol–water partition coefficient (Wildman–Crippen LogP) is 4.04. The molecule has 0 spiro atoms. The lowest BCUT2D eigenvalue weighted by Crippen LogP contribution is -2.49. The van der Waals surface area contributed by atoms with E-state index in [0.717, 1.165) is 53.9 Å². The topological polar surface area (TPSA) is 54.9 Å². The first-order valence-corrected chi connectivity index (χ1v) is 11.2. The first-order valence-electron chi connectivity index (χ1n) is 10.4. The van der Waals surface area contributed by atoms with Crippen LogP contribution < -0.4 is 14.4 Å². The van der Waals surface area contributed by atoms with Gasteiger partial charge >= 0.3 is 0 Å². The molecule has 5 rings (SSSR count). The number of carbonyl (C=O) groups is 1. The van der Waals surface area contributed by atoms with E-state index < -0.39 is 0 Å². The number of para-hydroxylation sites is 1. The maximum Gasteiger partial charge on any atom is 0.231 e. The zero-order valence-corrected chi connectivity index (χ0v) is 18.1. The summed E-state index contributed by atoms with van der Waals surface area (Å²) in [6.07, 6.45) is 0.384. The number of hydrogen-bond donors (Lipinski definition) is 0. The van der Waals surface area contributed by atoms with Crippen LogP contribution in [-0.4, -0.2) is 48.8 Å². The highest BCUT2D eigenvalue weighted by Gasteiger charge is 2.24. The summed E-state index contributed by atoms with van der Waals surface area (Å²) in [5, 5.41) is 1.06. The molecule has 7 heteroatoms. The normalized spacial score (nSPS) is 16.0. The van der Waals surface area contributed by atoms with Crippen LogP contribution in [0.2, 0.25) is 0 Å². The van der Waals surface area contributed by atoms with Crippen LogP contribution in [0.3, 0.4) is 0 Å². The molecule has 30 heavy (non-hydrogen) atoms. The molecule has 0 N–H and O–H groups in total. The second kappa shape index (κ2) is 7.80. The number of amides is 1. The Labute approximate surface area is 180 Å². The molecule has 3 aromatic rings. The van der Waals surface area contributed by atoms with E-state index in [1.165, 1.54) is 10.3 Å². The monoisotopic (exact) mass is 423 g/mol. The van der Waals surface area contributed by atoms with Gasteiger partial charge in [-0.05, 0) is 35.2 Å². The summed E-state index contributed by atoms with van der Waals surface area (Å²) >= 11 is 1.74. The van der Waals surface area contributed by atoms with E-state index in [1.807, 2.05) is 23.1 Å². The molecule has 3 heterocycles. The number of carbonyl (C=O) groups excluding carboxylic acids is 1. The zero-order chi connectivity index (χ0) is 20.7. The number of rotatable bonds is 4. The van der Waals surface area contributed by atoms with Gasteiger partial charge in [0.1, 0.15) is 0 Å². The molecule has 0 radical (unpaired) electrons. The van der Waals surface area contributed by atoms with Crippen LogP contribution in [0.15, 0.2) is 36.4 Å². The average molecular weight is 424 g/mol. The molecular weight excluding hydrogens is 398 g/mol. The van der Waals surface area contributed by atoms with Crippen molar-refractivity contribution >= 4 is 32.6 Å². The summed E-state index contributed by atoms with van der Waals surface area (Å²) in [6, 6.07) is 12.2. The molecule has 0 saturated carbocycles. The third-order valence-corrected chi connectivity index (χ3v) is 6.84. The number of anilines is 1. The second-order valence-electron chi connectivity index (χ2n) is 8.08. The zero-order valence-electron chi connectivity index (χ0n) is 17.3. The smallest absolute Gasteiger partial charge is 0.231 e. The first-order chi connectivity index (χ1) is 14.6. The van der Waals surface area contributed by atoms with Gasteiger partial charge in [0.15, 0.2) is 16.6 Å². The lowest BCUT2D eigenvalue weighted by molar-refractivity contribution is -0.130. The van der Waals surface area contributed by atoms with Crippen LogP contribution in [0.5, 0.6) is 11.5 Å². The Kier molecular flexibility index (Phi) is 4.98. The minimum Gasteiger partial charge on any atom is -0.454 e. The van der Waals surface area contributed by atoms with Crippen molar-refractivity contribution in [3.05, 3.63) is 47.5 Å². The summed E-state index contributed by atoms with van der Waals surface area (Å²) < 4.78 is 12.0. The fraction of sp³-hybridized carbons (Fsp3) is 0.391. The van der Waals surface area contributed by atoms with Crippen molar-refractivity contribution in [2.24, 2.45) is 0 Å². The summed E-state index contributed by atoms with van der Waals surface area (Å²) in [4.78, 5) is 22.0. The van der Waals surface area contributed by atoms with Crippen molar-refractivity contribution in [1.82, 2.24) is 9.88 Å². The van der Waals surface area contributed by atoms with Gasteiger partial charge in [0.05, 0.1) is 16.6 Å². The Morgan fingerprint density at radius 3 is 2.70 bits per heavy atom. The van der Waals surface area contributed by atoms with Crippen LogP contribution in [-0.2, 0) is 11.2 Å². The van der Waals surface area contributed by atoms with Crippen LogP contribution >= 0.6 is 11.3 Å². The molecule has 0 bridgehead atoms. The molecule has 0 unspecified atom stereocenters. The number of nitrogens with zero attached hydrogens (tertiary/aromatic N) is 3. The maximum atomic E-state index is 12.8. The number of piperazine rings is 1. The predicted molar refractivity (Wildman–Crippen MR) is 119 cm³/mol. The molecule has 1 fully saturated rings. The van der Waals surface area contributed by atoms with Gasteiger partial charge in [-0.1, -0.05) is 43.4 Å². The Balaban J connectivity index is 1.23. The van der Waals surface area contributed by atoms with Crippen molar-refractivity contribution in [2.75, 3.05) is 37.9 Å². The van der Waals surface area contributed by atoms with Gasteiger partial charge < -0.3 is 19.3 Å². The lowest BCUT2D eigenvalue weighted by Gasteiger charge is -2.34. The fourth-order valence-corrected chi connectivity index (χ4v) is 5.10. The third-order valence-electron chi connectivity index (χ3n) is 5.76. The number of benzene rings is 2. The lowest BCUT2D eigenvalue weighted by atomic mass is 10.0. The highest BCUT2D eigenvalue weighted by molar-refractivity contribution is 7.22.